The first-order chi connectivity index (χ1) is 10.8. The van der Waals surface area contributed by atoms with E-state index in [1.165, 1.54) is 18.2 Å². The van der Waals surface area contributed by atoms with Crippen LogP contribution in [0, 0.1) is 5.82 Å². The molecule has 3 nitrogen and oxygen atoms in total. The highest BCUT2D eigenvalue weighted by atomic mass is 127. The van der Waals surface area contributed by atoms with Gasteiger partial charge in [0.05, 0.1) is 4.43 Å². The molecular weight excluding hydrogens is 431 g/mol. The Bertz CT molecular complexity index is 699. The molecule has 0 saturated heterocycles. The van der Waals surface area contributed by atoms with Crippen molar-refractivity contribution in [2.45, 2.75) is 6.36 Å². The van der Waals surface area contributed by atoms with Crippen LogP contribution in [-0.2, 0) is 4.79 Å². The van der Waals surface area contributed by atoms with E-state index in [9.17, 15) is 22.4 Å². The lowest BCUT2D eigenvalue weighted by Crippen LogP contribution is -2.17. The van der Waals surface area contributed by atoms with Gasteiger partial charge in [-0.2, -0.15) is 0 Å². The van der Waals surface area contributed by atoms with Gasteiger partial charge in [-0.3, -0.25) is 4.79 Å². The maximum Gasteiger partial charge on any atom is 0.573 e. The topological polar surface area (TPSA) is 35.5 Å². The number of hydrogen-bond acceptors (Lipinski definition) is 3. The summed E-state index contributed by atoms with van der Waals surface area (Å²) in [6.45, 7) is 0. The smallest absolute Gasteiger partial charge is 0.426 e. The first-order valence-electron chi connectivity index (χ1n) is 6.21. The number of rotatable bonds is 4. The molecule has 0 aliphatic carbocycles. The predicted octanol–water partition coefficient (Wildman–Crippen LogP) is 4.73. The number of hydrogen-bond donors (Lipinski definition) is 0. The van der Waals surface area contributed by atoms with Gasteiger partial charge in [0.2, 0.25) is 0 Å². The molecule has 23 heavy (non-hydrogen) atoms. The Balaban J connectivity index is 2.19. The van der Waals surface area contributed by atoms with Crippen LogP contribution in [0.25, 0.3) is 11.1 Å². The monoisotopic (exact) mass is 440 g/mol. The molecule has 0 N–H and O–H groups in total. The van der Waals surface area contributed by atoms with Crippen molar-refractivity contribution in [3.63, 3.8) is 0 Å². The molecule has 0 saturated carbocycles. The second kappa shape index (κ2) is 7.16. The Morgan fingerprint density at radius 2 is 1.65 bits per heavy atom. The summed E-state index contributed by atoms with van der Waals surface area (Å²) in [5.74, 6) is -2.10. The summed E-state index contributed by atoms with van der Waals surface area (Å²) >= 11 is 1.86. The zero-order valence-corrected chi connectivity index (χ0v) is 13.5. The van der Waals surface area contributed by atoms with Gasteiger partial charge in [-0.05, 0) is 35.4 Å². The predicted molar refractivity (Wildman–Crippen MR) is 83.0 cm³/mol. The summed E-state index contributed by atoms with van der Waals surface area (Å²) in [5.41, 5.74) is 0.917. The van der Waals surface area contributed by atoms with Crippen molar-refractivity contribution in [2.24, 2.45) is 0 Å². The van der Waals surface area contributed by atoms with Crippen LogP contribution in [0.1, 0.15) is 0 Å². The molecule has 122 valence electrons. The molecule has 0 radical (unpaired) electrons. The lowest BCUT2D eigenvalue weighted by Gasteiger charge is -2.11. The van der Waals surface area contributed by atoms with E-state index in [0.29, 0.717) is 16.9 Å². The number of alkyl halides is 4. The fourth-order valence-corrected chi connectivity index (χ4v) is 1.92. The Kier molecular flexibility index (Phi) is 5.45. The zero-order chi connectivity index (χ0) is 17.0. The van der Waals surface area contributed by atoms with E-state index in [-0.39, 0.29) is 4.43 Å². The van der Waals surface area contributed by atoms with Gasteiger partial charge in [0.25, 0.3) is 0 Å². The Morgan fingerprint density at radius 3 is 2.17 bits per heavy atom. The molecule has 2 rings (SSSR count). The molecule has 0 fully saturated rings. The van der Waals surface area contributed by atoms with Crippen LogP contribution in [0.4, 0.5) is 17.6 Å². The Morgan fingerprint density at radius 1 is 1.04 bits per heavy atom. The van der Waals surface area contributed by atoms with Crippen molar-refractivity contribution in [1.82, 2.24) is 0 Å². The van der Waals surface area contributed by atoms with Gasteiger partial charge in [-0.1, -0.05) is 40.8 Å². The van der Waals surface area contributed by atoms with Crippen LogP contribution in [-0.4, -0.2) is 16.8 Å². The van der Waals surface area contributed by atoms with E-state index in [2.05, 4.69) is 4.74 Å². The first kappa shape index (κ1) is 17.5. The van der Waals surface area contributed by atoms with Gasteiger partial charge < -0.3 is 9.47 Å². The number of carbonyl (C=O) groups excluding carboxylic acids is 1. The van der Waals surface area contributed by atoms with Crippen molar-refractivity contribution in [1.29, 1.82) is 0 Å². The second-order valence-electron chi connectivity index (χ2n) is 4.33. The molecule has 0 unspecified atom stereocenters. The summed E-state index contributed by atoms with van der Waals surface area (Å²) in [7, 11) is 0. The highest BCUT2D eigenvalue weighted by molar-refractivity contribution is 14.1. The molecule has 2 aromatic rings. The fourth-order valence-electron chi connectivity index (χ4n) is 1.76. The third-order valence-electron chi connectivity index (χ3n) is 2.69. The normalized spacial score (nSPS) is 11.2. The molecule has 0 heterocycles. The van der Waals surface area contributed by atoms with E-state index < -0.39 is 23.9 Å². The van der Waals surface area contributed by atoms with Crippen LogP contribution >= 0.6 is 22.6 Å². The molecule has 0 amide bonds. The van der Waals surface area contributed by atoms with Crippen molar-refractivity contribution in [2.75, 3.05) is 4.43 Å². The summed E-state index contributed by atoms with van der Waals surface area (Å²) in [5, 5.41) is 0. The first-order valence-corrected chi connectivity index (χ1v) is 7.73. The molecule has 2 aromatic carbocycles. The number of carbonyl (C=O) groups is 1. The van der Waals surface area contributed by atoms with E-state index >= 15 is 0 Å². The van der Waals surface area contributed by atoms with Crippen LogP contribution in [0.2, 0.25) is 0 Å². The van der Waals surface area contributed by atoms with Gasteiger partial charge in [0.1, 0.15) is 5.75 Å². The number of esters is 1. The average Bonchev–Trinajstić information content (AvgIpc) is 2.49. The van der Waals surface area contributed by atoms with Gasteiger partial charge in [-0.15, -0.1) is 13.2 Å². The summed E-state index contributed by atoms with van der Waals surface area (Å²) in [6, 6.07) is 9.30. The van der Waals surface area contributed by atoms with Gasteiger partial charge in [-0.25, -0.2) is 4.39 Å². The summed E-state index contributed by atoms with van der Waals surface area (Å²) in [6.07, 6.45) is -4.95. The molecule has 0 aliphatic rings. The number of benzene rings is 2. The third-order valence-corrected chi connectivity index (χ3v) is 3.31. The van der Waals surface area contributed by atoms with Crippen LogP contribution in [0.3, 0.4) is 0 Å². The Labute approximate surface area is 142 Å². The molecule has 0 spiro atoms. The lowest BCUT2D eigenvalue weighted by molar-refractivity contribution is -0.275. The van der Waals surface area contributed by atoms with Crippen molar-refractivity contribution >= 4 is 28.6 Å². The largest absolute Gasteiger partial charge is 0.573 e. The molecule has 0 bridgehead atoms. The second-order valence-corrected chi connectivity index (χ2v) is 5.09. The van der Waals surface area contributed by atoms with Gasteiger partial charge in [0, 0.05) is 0 Å². The number of ether oxygens (including phenoxy) is 2. The van der Waals surface area contributed by atoms with Crippen molar-refractivity contribution in [3.8, 4) is 22.6 Å². The number of halogens is 5. The molecule has 0 atom stereocenters. The molecular formula is C15H9F4IO3. The van der Waals surface area contributed by atoms with E-state index in [4.69, 9.17) is 4.74 Å². The van der Waals surface area contributed by atoms with Crippen molar-refractivity contribution in [3.05, 3.63) is 48.3 Å². The maximum atomic E-state index is 13.7. The van der Waals surface area contributed by atoms with E-state index in [1.807, 2.05) is 22.6 Å². The minimum Gasteiger partial charge on any atom is -0.426 e. The minimum absolute atomic E-state index is 0.200. The van der Waals surface area contributed by atoms with Gasteiger partial charge in [0.15, 0.2) is 11.6 Å². The molecule has 8 heteroatoms. The molecule has 0 aliphatic heterocycles. The van der Waals surface area contributed by atoms with Crippen LogP contribution < -0.4 is 9.47 Å². The van der Waals surface area contributed by atoms with Crippen LogP contribution in [0.15, 0.2) is 42.5 Å². The highest BCUT2D eigenvalue weighted by Crippen LogP contribution is 2.30. The van der Waals surface area contributed by atoms with Gasteiger partial charge >= 0.3 is 12.3 Å². The summed E-state index contributed by atoms with van der Waals surface area (Å²) < 4.78 is 58.7. The zero-order valence-electron chi connectivity index (χ0n) is 11.4. The SMILES string of the molecule is O=C(CI)Oc1ccc(-c2ccc(OC(F)(F)F)c(F)c2)cc1. The van der Waals surface area contributed by atoms with Crippen molar-refractivity contribution < 1.29 is 31.8 Å². The summed E-state index contributed by atoms with van der Waals surface area (Å²) in [4.78, 5) is 11.1. The molecule has 0 aromatic heterocycles. The minimum atomic E-state index is -4.95. The maximum absolute atomic E-state index is 13.7. The fraction of sp³-hybridized carbons (Fsp3) is 0.133. The quantitative estimate of drug-likeness (QED) is 0.227. The average molecular weight is 440 g/mol. The Hall–Kier alpha value is -1.84. The third kappa shape index (κ3) is 5.08. The van der Waals surface area contributed by atoms with Crippen LogP contribution in [0.5, 0.6) is 11.5 Å². The van der Waals surface area contributed by atoms with E-state index in [0.717, 1.165) is 12.1 Å². The highest BCUT2D eigenvalue weighted by Gasteiger charge is 2.32. The standard InChI is InChI=1S/C15H9F4IO3/c16-12-7-10(3-6-13(12)23-15(17,18)19)9-1-4-11(5-2-9)22-14(21)8-20/h1-7H,8H2. The lowest BCUT2D eigenvalue weighted by atomic mass is 10.1. The van der Waals surface area contributed by atoms with E-state index in [1.54, 1.807) is 12.1 Å².